The summed E-state index contributed by atoms with van der Waals surface area (Å²) in [7, 11) is 0. The number of para-hydroxylation sites is 1. The van der Waals surface area contributed by atoms with E-state index in [1.807, 2.05) is 13.8 Å². The van der Waals surface area contributed by atoms with Gasteiger partial charge in [0.1, 0.15) is 0 Å². The van der Waals surface area contributed by atoms with Crippen LogP contribution >= 0.6 is 0 Å². The Morgan fingerprint density at radius 2 is 1.72 bits per heavy atom. The molecule has 2 aromatic carbocycles. The highest BCUT2D eigenvalue weighted by Crippen LogP contribution is 2.17. The zero-order chi connectivity index (χ0) is 18.4. The molecule has 0 spiro atoms. The highest BCUT2D eigenvalue weighted by Gasteiger charge is 2.14. The molecule has 0 aromatic heterocycles. The van der Waals surface area contributed by atoms with Crippen molar-refractivity contribution in [2.75, 3.05) is 5.32 Å². The number of amides is 2. The molecule has 25 heavy (non-hydrogen) atoms. The molecule has 0 aliphatic carbocycles. The third-order valence-electron chi connectivity index (χ3n) is 3.38. The first-order valence-electron chi connectivity index (χ1n) is 7.80. The van der Waals surface area contributed by atoms with Crippen LogP contribution in [0.5, 0.6) is 0 Å². The zero-order valence-electron chi connectivity index (χ0n) is 14.0. The van der Waals surface area contributed by atoms with Crippen molar-refractivity contribution in [2.24, 2.45) is 0 Å². The summed E-state index contributed by atoms with van der Waals surface area (Å²) in [6.45, 7) is 3.71. The number of anilines is 1. The molecule has 2 rings (SSSR count). The van der Waals surface area contributed by atoms with Crippen molar-refractivity contribution >= 4 is 23.2 Å². The molecule has 0 saturated carbocycles. The van der Waals surface area contributed by atoms with Crippen LogP contribution in [0.2, 0.25) is 0 Å². The fourth-order valence-corrected chi connectivity index (χ4v) is 2.25. The van der Waals surface area contributed by atoms with E-state index >= 15 is 0 Å². The number of nitro groups is 1. The summed E-state index contributed by atoms with van der Waals surface area (Å²) in [5, 5.41) is 16.1. The summed E-state index contributed by atoms with van der Waals surface area (Å²) >= 11 is 0. The van der Waals surface area contributed by atoms with Crippen LogP contribution in [0.25, 0.3) is 0 Å². The molecule has 0 radical (unpaired) electrons. The van der Waals surface area contributed by atoms with Gasteiger partial charge in [0, 0.05) is 18.2 Å². The Labute approximate surface area is 145 Å². The first-order chi connectivity index (χ1) is 11.9. The minimum Gasteiger partial charge on any atom is -0.350 e. The van der Waals surface area contributed by atoms with Crippen molar-refractivity contribution < 1.29 is 14.5 Å². The van der Waals surface area contributed by atoms with E-state index in [4.69, 9.17) is 0 Å². The van der Waals surface area contributed by atoms with Gasteiger partial charge >= 0.3 is 0 Å². The van der Waals surface area contributed by atoms with E-state index in [0.29, 0.717) is 16.8 Å². The maximum Gasteiger partial charge on any atom is 0.269 e. The topological polar surface area (TPSA) is 101 Å². The van der Waals surface area contributed by atoms with Crippen molar-refractivity contribution in [2.45, 2.75) is 26.3 Å². The molecular formula is C18H19N3O4. The van der Waals surface area contributed by atoms with Crippen molar-refractivity contribution in [1.29, 1.82) is 0 Å². The minimum absolute atomic E-state index is 0.0173. The Kier molecular flexibility index (Phi) is 5.84. The molecule has 0 unspecified atom stereocenters. The molecular weight excluding hydrogens is 322 g/mol. The monoisotopic (exact) mass is 341 g/mol. The predicted molar refractivity (Wildman–Crippen MR) is 94.5 cm³/mol. The van der Waals surface area contributed by atoms with E-state index in [9.17, 15) is 19.7 Å². The van der Waals surface area contributed by atoms with Gasteiger partial charge in [-0.3, -0.25) is 19.7 Å². The molecule has 0 fully saturated rings. The highest BCUT2D eigenvalue weighted by atomic mass is 16.6. The van der Waals surface area contributed by atoms with Crippen molar-refractivity contribution in [3.63, 3.8) is 0 Å². The van der Waals surface area contributed by atoms with E-state index in [1.165, 1.54) is 24.3 Å². The number of nitro benzene ring substituents is 1. The number of benzene rings is 2. The van der Waals surface area contributed by atoms with Gasteiger partial charge in [-0.05, 0) is 31.5 Å². The number of hydrogen-bond donors (Lipinski definition) is 2. The van der Waals surface area contributed by atoms with Gasteiger partial charge in [0.25, 0.3) is 11.6 Å². The number of nitrogens with one attached hydrogen (secondary N) is 2. The average molecular weight is 341 g/mol. The summed E-state index contributed by atoms with van der Waals surface area (Å²) in [6, 6.07) is 12.5. The van der Waals surface area contributed by atoms with Crippen molar-refractivity contribution in [3.05, 3.63) is 69.8 Å². The standard InChI is InChI=1S/C18H19N3O4/c1-12(2)19-18(23)15-5-3-4-6-16(15)20-17(22)11-13-7-9-14(10-8-13)21(24)25/h3-10,12H,11H2,1-2H3,(H,19,23)(H,20,22). The van der Waals surface area contributed by atoms with Crippen LogP contribution in [0.4, 0.5) is 11.4 Å². The minimum atomic E-state index is -0.493. The lowest BCUT2D eigenvalue weighted by Gasteiger charge is -2.13. The van der Waals surface area contributed by atoms with E-state index in [0.717, 1.165) is 0 Å². The van der Waals surface area contributed by atoms with Crippen LogP contribution in [-0.4, -0.2) is 22.8 Å². The van der Waals surface area contributed by atoms with Gasteiger partial charge in [-0.2, -0.15) is 0 Å². The average Bonchev–Trinajstić information content (AvgIpc) is 2.55. The van der Waals surface area contributed by atoms with Gasteiger partial charge in [0.2, 0.25) is 5.91 Å². The highest BCUT2D eigenvalue weighted by molar-refractivity contribution is 6.04. The first kappa shape index (κ1) is 18.1. The maximum atomic E-state index is 12.2. The largest absolute Gasteiger partial charge is 0.350 e. The van der Waals surface area contributed by atoms with Crippen molar-refractivity contribution in [3.8, 4) is 0 Å². The SMILES string of the molecule is CC(C)NC(=O)c1ccccc1NC(=O)Cc1ccc([N+](=O)[O-])cc1. The van der Waals surface area contributed by atoms with Crippen LogP contribution in [0.3, 0.4) is 0 Å². The number of carbonyl (C=O) groups is 2. The molecule has 0 bridgehead atoms. The van der Waals surface area contributed by atoms with E-state index in [2.05, 4.69) is 10.6 Å². The number of rotatable bonds is 6. The van der Waals surface area contributed by atoms with Gasteiger partial charge in [-0.1, -0.05) is 24.3 Å². The Bertz CT molecular complexity index is 785. The molecule has 0 saturated heterocycles. The fourth-order valence-electron chi connectivity index (χ4n) is 2.25. The van der Waals surface area contributed by atoms with Gasteiger partial charge in [0.15, 0.2) is 0 Å². The van der Waals surface area contributed by atoms with Crippen LogP contribution in [0.1, 0.15) is 29.8 Å². The third-order valence-corrected chi connectivity index (χ3v) is 3.38. The molecule has 0 atom stereocenters. The molecule has 2 aromatic rings. The fraction of sp³-hybridized carbons (Fsp3) is 0.222. The van der Waals surface area contributed by atoms with Crippen LogP contribution in [0.15, 0.2) is 48.5 Å². The molecule has 7 heteroatoms. The second-order valence-corrected chi connectivity index (χ2v) is 5.82. The number of non-ortho nitro benzene ring substituents is 1. The summed E-state index contributed by atoms with van der Waals surface area (Å²) in [5.41, 5.74) is 1.42. The lowest BCUT2D eigenvalue weighted by Crippen LogP contribution is -2.31. The molecule has 2 amide bonds. The van der Waals surface area contributed by atoms with E-state index in [1.54, 1.807) is 24.3 Å². The Balaban J connectivity index is 2.08. The van der Waals surface area contributed by atoms with Crippen LogP contribution < -0.4 is 10.6 Å². The van der Waals surface area contributed by atoms with Gasteiger partial charge in [-0.15, -0.1) is 0 Å². The molecule has 0 aliphatic heterocycles. The molecule has 0 aliphatic rings. The van der Waals surface area contributed by atoms with E-state index in [-0.39, 0.29) is 30.0 Å². The molecule has 2 N–H and O–H groups in total. The maximum absolute atomic E-state index is 12.2. The van der Waals surface area contributed by atoms with Crippen molar-refractivity contribution in [1.82, 2.24) is 5.32 Å². The van der Waals surface area contributed by atoms with Crippen LogP contribution in [-0.2, 0) is 11.2 Å². The lowest BCUT2D eigenvalue weighted by atomic mass is 10.1. The quantitative estimate of drug-likeness (QED) is 0.623. The summed E-state index contributed by atoms with van der Waals surface area (Å²) in [4.78, 5) is 34.6. The summed E-state index contributed by atoms with van der Waals surface area (Å²) in [5.74, 6) is -0.570. The lowest BCUT2D eigenvalue weighted by molar-refractivity contribution is -0.384. The second-order valence-electron chi connectivity index (χ2n) is 5.82. The Hall–Kier alpha value is -3.22. The van der Waals surface area contributed by atoms with Gasteiger partial charge in [-0.25, -0.2) is 0 Å². The van der Waals surface area contributed by atoms with E-state index < -0.39 is 4.92 Å². The number of hydrogen-bond acceptors (Lipinski definition) is 4. The zero-order valence-corrected chi connectivity index (χ0v) is 14.0. The predicted octanol–water partition coefficient (Wildman–Crippen LogP) is 2.91. The summed E-state index contributed by atoms with van der Waals surface area (Å²) in [6.07, 6.45) is 0.0537. The Morgan fingerprint density at radius 1 is 1.08 bits per heavy atom. The second kappa shape index (κ2) is 8.05. The smallest absolute Gasteiger partial charge is 0.269 e. The molecule has 7 nitrogen and oxygen atoms in total. The third kappa shape index (κ3) is 5.13. The number of carbonyl (C=O) groups excluding carboxylic acids is 2. The first-order valence-corrected chi connectivity index (χ1v) is 7.80. The normalized spacial score (nSPS) is 10.4. The summed E-state index contributed by atoms with van der Waals surface area (Å²) < 4.78 is 0. The number of nitrogens with zero attached hydrogens (tertiary/aromatic N) is 1. The van der Waals surface area contributed by atoms with Gasteiger partial charge in [0.05, 0.1) is 22.6 Å². The molecule has 0 heterocycles. The van der Waals surface area contributed by atoms with Gasteiger partial charge < -0.3 is 10.6 Å². The molecule has 130 valence electrons. The Morgan fingerprint density at radius 3 is 2.32 bits per heavy atom. The van der Waals surface area contributed by atoms with Crippen LogP contribution in [0, 0.1) is 10.1 Å².